The molecule has 0 heterocycles. The number of nitrogens with two attached hydrogens (primary N) is 1. The molecular formula is C9H10BrClFN. The second-order valence-electron chi connectivity index (χ2n) is 3.05. The zero-order valence-electron chi connectivity index (χ0n) is 7.15. The number of rotatable bonds is 2. The summed E-state index contributed by atoms with van der Waals surface area (Å²) in [6.07, 6.45) is 0.629. The summed E-state index contributed by atoms with van der Waals surface area (Å²) >= 11 is 8.82. The van der Waals surface area contributed by atoms with Gasteiger partial charge in [-0.3, -0.25) is 0 Å². The van der Waals surface area contributed by atoms with E-state index in [0.29, 0.717) is 15.9 Å². The molecular weight excluding hydrogens is 256 g/mol. The third-order valence-electron chi connectivity index (χ3n) is 1.60. The smallest absolute Gasteiger partial charge is 0.139 e. The van der Waals surface area contributed by atoms with Gasteiger partial charge in [-0.15, -0.1) is 0 Å². The topological polar surface area (TPSA) is 26.0 Å². The van der Waals surface area contributed by atoms with Crippen molar-refractivity contribution in [1.82, 2.24) is 0 Å². The molecule has 1 rings (SSSR count). The predicted octanol–water partition coefficient (Wildman–Crippen LogP) is 3.13. The molecule has 0 radical (unpaired) electrons. The van der Waals surface area contributed by atoms with Gasteiger partial charge in [0, 0.05) is 6.04 Å². The lowest BCUT2D eigenvalue weighted by atomic mass is 10.1. The zero-order valence-corrected chi connectivity index (χ0v) is 9.49. The van der Waals surface area contributed by atoms with Crippen LogP contribution in [0.25, 0.3) is 0 Å². The van der Waals surface area contributed by atoms with Crippen molar-refractivity contribution in [2.24, 2.45) is 5.73 Å². The molecule has 0 aliphatic carbocycles. The summed E-state index contributed by atoms with van der Waals surface area (Å²) in [7, 11) is 0. The first-order valence-electron chi connectivity index (χ1n) is 3.89. The lowest BCUT2D eigenvalue weighted by Crippen LogP contribution is -2.17. The number of halogens is 3. The van der Waals surface area contributed by atoms with E-state index in [1.54, 1.807) is 6.07 Å². The standard InChI is InChI=1S/C9H10BrClFN/c1-5(13)2-6-3-7(11)9(10)8(12)4-6/h3-5H,2,13H2,1H3. The average Bonchev–Trinajstić information content (AvgIpc) is 1.98. The van der Waals surface area contributed by atoms with Crippen LogP contribution in [-0.2, 0) is 6.42 Å². The minimum Gasteiger partial charge on any atom is -0.328 e. The van der Waals surface area contributed by atoms with Crippen molar-refractivity contribution in [2.75, 3.05) is 0 Å². The van der Waals surface area contributed by atoms with Crippen molar-refractivity contribution in [2.45, 2.75) is 19.4 Å². The normalized spacial score (nSPS) is 13.0. The lowest BCUT2D eigenvalue weighted by molar-refractivity contribution is 0.616. The summed E-state index contributed by atoms with van der Waals surface area (Å²) in [4.78, 5) is 0. The molecule has 2 N–H and O–H groups in total. The highest BCUT2D eigenvalue weighted by Gasteiger charge is 2.07. The van der Waals surface area contributed by atoms with Crippen molar-refractivity contribution >= 4 is 27.5 Å². The first kappa shape index (κ1) is 11.0. The van der Waals surface area contributed by atoms with Gasteiger partial charge >= 0.3 is 0 Å². The van der Waals surface area contributed by atoms with Crippen LogP contribution in [-0.4, -0.2) is 6.04 Å². The van der Waals surface area contributed by atoms with Crippen LogP contribution >= 0.6 is 27.5 Å². The Labute approximate surface area is 90.2 Å². The average molecular weight is 267 g/mol. The van der Waals surface area contributed by atoms with Gasteiger partial charge in [0.15, 0.2) is 0 Å². The molecule has 0 amide bonds. The van der Waals surface area contributed by atoms with E-state index in [1.165, 1.54) is 6.07 Å². The van der Waals surface area contributed by atoms with Crippen LogP contribution in [0.4, 0.5) is 4.39 Å². The molecule has 72 valence electrons. The number of hydrogen-bond donors (Lipinski definition) is 1. The van der Waals surface area contributed by atoms with E-state index < -0.39 is 0 Å². The fraction of sp³-hybridized carbons (Fsp3) is 0.333. The van der Waals surface area contributed by atoms with Gasteiger partial charge in [0.25, 0.3) is 0 Å². The molecule has 0 saturated heterocycles. The molecule has 0 spiro atoms. The Kier molecular flexibility index (Phi) is 3.71. The Balaban J connectivity index is 2.99. The first-order valence-corrected chi connectivity index (χ1v) is 5.07. The van der Waals surface area contributed by atoms with Crippen LogP contribution in [0.15, 0.2) is 16.6 Å². The minimum atomic E-state index is -0.344. The van der Waals surface area contributed by atoms with E-state index >= 15 is 0 Å². The number of hydrogen-bond acceptors (Lipinski definition) is 1. The molecule has 0 aromatic heterocycles. The summed E-state index contributed by atoms with van der Waals surface area (Å²) in [5, 5.41) is 0.385. The van der Waals surface area contributed by atoms with E-state index in [1.807, 2.05) is 6.92 Å². The fourth-order valence-corrected chi connectivity index (χ4v) is 1.56. The van der Waals surface area contributed by atoms with Gasteiger partial charge in [0.1, 0.15) is 5.82 Å². The van der Waals surface area contributed by atoms with Crippen molar-refractivity contribution in [1.29, 1.82) is 0 Å². The maximum atomic E-state index is 13.1. The lowest BCUT2D eigenvalue weighted by Gasteiger charge is -2.07. The van der Waals surface area contributed by atoms with Crippen LogP contribution in [0.5, 0.6) is 0 Å². The van der Waals surface area contributed by atoms with Gasteiger partial charge in [0.2, 0.25) is 0 Å². The Morgan fingerprint density at radius 3 is 2.69 bits per heavy atom. The van der Waals surface area contributed by atoms with Crippen molar-refractivity contribution in [3.05, 3.63) is 33.0 Å². The summed E-state index contributed by atoms with van der Waals surface area (Å²) in [6.45, 7) is 1.87. The molecule has 4 heteroatoms. The van der Waals surface area contributed by atoms with Crippen LogP contribution in [0.2, 0.25) is 5.02 Å². The molecule has 1 aromatic rings. The third-order valence-corrected chi connectivity index (χ3v) is 2.93. The van der Waals surface area contributed by atoms with Crippen molar-refractivity contribution in [3.8, 4) is 0 Å². The molecule has 1 nitrogen and oxygen atoms in total. The molecule has 0 aliphatic heterocycles. The maximum Gasteiger partial charge on any atom is 0.139 e. The maximum absolute atomic E-state index is 13.1. The molecule has 0 saturated carbocycles. The SMILES string of the molecule is CC(N)Cc1cc(F)c(Br)c(Cl)c1. The van der Waals surface area contributed by atoms with Gasteiger partial charge in [-0.1, -0.05) is 11.6 Å². The van der Waals surface area contributed by atoms with Gasteiger partial charge in [-0.2, -0.15) is 0 Å². The quantitative estimate of drug-likeness (QED) is 0.818. The molecule has 1 aromatic carbocycles. The predicted molar refractivity (Wildman–Crippen MR) is 56.5 cm³/mol. The Hall–Kier alpha value is -0.120. The largest absolute Gasteiger partial charge is 0.328 e. The third kappa shape index (κ3) is 2.93. The summed E-state index contributed by atoms with van der Waals surface area (Å²) in [6, 6.07) is 3.17. The minimum absolute atomic E-state index is 0.0108. The second kappa shape index (κ2) is 4.40. The van der Waals surface area contributed by atoms with Crippen molar-refractivity contribution < 1.29 is 4.39 Å². The van der Waals surface area contributed by atoms with Gasteiger partial charge in [-0.25, -0.2) is 4.39 Å². The Morgan fingerprint density at radius 2 is 2.23 bits per heavy atom. The highest BCUT2D eigenvalue weighted by molar-refractivity contribution is 9.10. The van der Waals surface area contributed by atoms with E-state index in [-0.39, 0.29) is 11.9 Å². The van der Waals surface area contributed by atoms with Crippen LogP contribution < -0.4 is 5.73 Å². The molecule has 0 bridgehead atoms. The summed E-state index contributed by atoms with van der Waals surface area (Å²) in [5.74, 6) is -0.344. The first-order chi connectivity index (χ1) is 6.00. The summed E-state index contributed by atoms with van der Waals surface area (Å²) < 4.78 is 13.4. The summed E-state index contributed by atoms with van der Waals surface area (Å²) in [5.41, 5.74) is 6.41. The molecule has 1 atom stereocenters. The van der Waals surface area contributed by atoms with Gasteiger partial charge in [0.05, 0.1) is 9.50 Å². The van der Waals surface area contributed by atoms with E-state index in [9.17, 15) is 4.39 Å². The Bertz CT molecular complexity index is 291. The zero-order chi connectivity index (χ0) is 10.0. The van der Waals surface area contributed by atoms with Gasteiger partial charge < -0.3 is 5.73 Å². The van der Waals surface area contributed by atoms with E-state index in [2.05, 4.69) is 15.9 Å². The molecule has 13 heavy (non-hydrogen) atoms. The monoisotopic (exact) mass is 265 g/mol. The van der Waals surface area contributed by atoms with Crippen molar-refractivity contribution in [3.63, 3.8) is 0 Å². The van der Waals surface area contributed by atoms with Crippen LogP contribution in [0.3, 0.4) is 0 Å². The highest BCUT2D eigenvalue weighted by atomic mass is 79.9. The Morgan fingerprint density at radius 1 is 1.62 bits per heavy atom. The van der Waals surface area contributed by atoms with E-state index in [0.717, 1.165) is 5.56 Å². The molecule has 0 aliphatic rings. The van der Waals surface area contributed by atoms with E-state index in [4.69, 9.17) is 17.3 Å². The van der Waals surface area contributed by atoms with Gasteiger partial charge in [-0.05, 0) is 47.0 Å². The highest BCUT2D eigenvalue weighted by Crippen LogP contribution is 2.27. The second-order valence-corrected chi connectivity index (χ2v) is 4.26. The van der Waals surface area contributed by atoms with Crippen LogP contribution in [0.1, 0.15) is 12.5 Å². The molecule has 0 fully saturated rings. The number of benzene rings is 1. The molecule has 1 unspecified atom stereocenters. The van der Waals surface area contributed by atoms with Crippen LogP contribution in [0, 0.1) is 5.82 Å². The fourth-order valence-electron chi connectivity index (χ4n) is 1.10.